The van der Waals surface area contributed by atoms with Crippen molar-refractivity contribution in [2.45, 2.75) is 13.0 Å². The van der Waals surface area contributed by atoms with E-state index in [0.29, 0.717) is 0 Å². The van der Waals surface area contributed by atoms with Crippen molar-refractivity contribution < 1.29 is 4.42 Å². The van der Waals surface area contributed by atoms with Gasteiger partial charge in [0.25, 0.3) is 0 Å². The van der Waals surface area contributed by atoms with Crippen LogP contribution in [0, 0.1) is 12.3 Å². The topological polar surface area (TPSA) is 43.3 Å². The van der Waals surface area contributed by atoms with Crippen LogP contribution in [0.1, 0.15) is 35.3 Å². The highest BCUT2D eigenvalue weighted by Crippen LogP contribution is 2.37. The quantitative estimate of drug-likeness (QED) is 0.369. The summed E-state index contributed by atoms with van der Waals surface area (Å²) in [5, 5.41) is 0. The molecule has 5 rings (SSSR count). The lowest BCUT2D eigenvalue weighted by Crippen LogP contribution is -2.08. The van der Waals surface area contributed by atoms with E-state index >= 15 is 0 Å². The van der Waals surface area contributed by atoms with Gasteiger partial charge >= 0.3 is 0 Å². The number of nitrogens with zero attached hydrogens (tertiary/aromatic N) is 3. The first kappa shape index (κ1) is 17.7. The van der Waals surface area contributed by atoms with Gasteiger partial charge in [0.1, 0.15) is 12.0 Å². The van der Waals surface area contributed by atoms with Gasteiger partial charge in [0.15, 0.2) is 5.76 Å². The third kappa shape index (κ3) is 2.84. The van der Waals surface area contributed by atoms with Crippen LogP contribution in [0.5, 0.6) is 0 Å². The van der Waals surface area contributed by atoms with Gasteiger partial charge in [-0.15, -0.1) is 6.42 Å². The molecular weight excluding hydrogens is 426 g/mol. The Morgan fingerprint density at radius 2 is 1.97 bits per heavy atom. The number of imidazole rings is 1. The summed E-state index contributed by atoms with van der Waals surface area (Å²) in [7, 11) is 0. The van der Waals surface area contributed by atoms with E-state index in [9.17, 15) is 0 Å². The minimum Gasteiger partial charge on any atom is -0.463 e. The molecule has 0 fully saturated rings. The smallest absolute Gasteiger partial charge is 0.154 e. The standard InChI is InChI=1S/C24H16BrN3O/c1-3-16-10-11-20-18(13-16)22(17-7-4-5-8-19(17)25)27-15(2)24-23(26-14-28(20)24)21-9-6-12-29-21/h1,4-15H,2H3/t15-/m0/s1. The van der Waals surface area contributed by atoms with Crippen molar-refractivity contribution in [2.24, 2.45) is 4.99 Å². The van der Waals surface area contributed by atoms with E-state index in [-0.39, 0.29) is 6.04 Å². The second kappa shape index (κ2) is 6.91. The summed E-state index contributed by atoms with van der Waals surface area (Å²) in [4.78, 5) is 9.76. The Hall–Kier alpha value is -3.36. The molecule has 1 aliphatic rings. The van der Waals surface area contributed by atoms with E-state index in [1.165, 1.54) is 0 Å². The summed E-state index contributed by atoms with van der Waals surface area (Å²) < 4.78 is 8.70. The summed E-state index contributed by atoms with van der Waals surface area (Å²) >= 11 is 3.68. The molecule has 3 heterocycles. The van der Waals surface area contributed by atoms with Crippen LogP contribution in [0.4, 0.5) is 0 Å². The first-order chi connectivity index (χ1) is 14.2. The van der Waals surface area contributed by atoms with Crippen molar-refractivity contribution in [3.63, 3.8) is 0 Å². The molecule has 0 saturated heterocycles. The maximum atomic E-state index is 5.70. The number of terminal acetylenes is 1. The van der Waals surface area contributed by atoms with Gasteiger partial charge < -0.3 is 4.42 Å². The maximum Gasteiger partial charge on any atom is 0.154 e. The van der Waals surface area contributed by atoms with Gasteiger partial charge in [0.2, 0.25) is 0 Å². The molecule has 1 atom stereocenters. The summed E-state index contributed by atoms with van der Waals surface area (Å²) in [6.07, 6.45) is 9.18. The molecule has 0 aliphatic carbocycles. The van der Waals surface area contributed by atoms with Crippen molar-refractivity contribution in [1.82, 2.24) is 9.55 Å². The Bertz CT molecular complexity index is 1290. The molecule has 29 heavy (non-hydrogen) atoms. The molecule has 1 aliphatic heterocycles. The first-order valence-corrected chi connectivity index (χ1v) is 10.0. The van der Waals surface area contributed by atoms with Crippen LogP contribution in [0.25, 0.3) is 17.1 Å². The maximum absolute atomic E-state index is 5.70. The van der Waals surface area contributed by atoms with Crippen molar-refractivity contribution in [2.75, 3.05) is 0 Å². The molecule has 0 radical (unpaired) electrons. The van der Waals surface area contributed by atoms with Gasteiger partial charge in [0, 0.05) is 21.2 Å². The van der Waals surface area contributed by atoms with Crippen LogP contribution in [-0.4, -0.2) is 15.3 Å². The highest BCUT2D eigenvalue weighted by Gasteiger charge is 2.28. The molecule has 4 nitrogen and oxygen atoms in total. The van der Waals surface area contributed by atoms with Gasteiger partial charge in [-0.3, -0.25) is 9.56 Å². The highest BCUT2D eigenvalue weighted by molar-refractivity contribution is 9.10. The lowest BCUT2D eigenvalue weighted by atomic mass is 9.98. The van der Waals surface area contributed by atoms with E-state index in [2.05, 4.69) is 44.4 Å². The zero-order valence-electron chi connectivity index (χ0n) is 15.6. The fourth-order valence-corrected chi connectivity index (χ4v) is 4.24. The monoisotopic (exact) mass is 441 g/mol. The van der Waals surface area contributed by atoms with Crippen LogP contribution in [0.3, 0.4) is 0 Å². The Kier molecular flexibility index (Phi) is 4.22. The fraction of sp³-hybridized carbons (Fsp3) is 0.0833. The number of rotatable bonds is 2. The summed E-state index contributed by atoms with van der Waals surface area (Å²) in [5.74, 6) is 3.47. The molecular formula is C24H16BrN3O. The zero-order valence-corrected chi connectivity index (χ0v) is 17.2. The summed E-state index contributed by atoms with van der Waals surface area (Å²) in [6, 6.07) is 17.7. The van der Waals surface area contributed by atoms with Gasteiger partial charge in [-0.05, 0) is 43.3 Å². The first-order valence-electron chi connectivity index (χ1n) is 9.22. The molecule has 4 aromatic rings. The minimum absolute atomic E-state index is 0.138. The Labute approximate surface area is 177 Å². The van der Waals surface area contributed by atoms with E-state index in [1.54, 1.807) is 6.26 Å². The average Bonchev–Trinajstić information content (AvgIpc) is 3.39. The van der Waals surface area contributed by atoms with Crippen molar-refractivity contribution >= 4 is 21.6 Å². The number of benzene rings is 2. The van der Waals surface area contributed by atoms with E-state index in [4.69, 9.17) is 15.8 Å². The summed E-state index contributed by atoms with van der Waals surface area (Å²) in [6.45, 7) is 2.07. The molecule has 0 amide bonds. The summed E-state index contributed by atoms with van der Waals surface area (Å²) in [5.41, 5.74) is 6.47. The minimum atomic E-state index is -0.138. The Balaban J connectivity index is 1.83. The number of aromatic nitrogens is 2. The van der Waals surface area contributed by atoms with E-state index in [0.717, 1.165) is 49.7 Å². The van der Waals surface area contributed by atoms with Gasteiger partial charge in [0.05, 0.1) is 29.4 Å². The molecule has 140 valence electrons. The molecule has 0 N–H and O–H groups in total. The predicted octanol–water partition coefficient (Wildman–Crippen LogP) is 5.79. The van der Waals surface area contributed by atoms with Gasteiger partial charge in [-0.2, -0.15) is 0 Å². The average molecular weight is 442 g/mol. The number of hydrogen-bond acceptors (Lipinski definition) is 3. The van der Waals surface area contributed by atoms with Crippen molar-refractivity contribution in [3.05, 3.63) is 94.0 Å². The number of halogens is 1. The molecule has 0 bridgehead atoms. The van der Waals surface area contributed by atoms with Crippen LogP contribution in [0.2, 0.25) is 0 Å². The molecule has 0 unspecified atom stereocenters. The van der Waals surface area contributed by atoms with Crippen LogP contribution in [0.15, 0.2) is 81.1 Å². The number of fused-ring (bicyclic) bond motifs is 3. The lowest BCUT2D eigenvalue weighted by molar-refractivity contribution is 0.578. The number of furan rings is 1. The molecule has 0 spiro atoms. The number of aliphatic imine (C=N–C) groups is 1. The van der Waals surface area contributed by atoms with Gasteiger partial charge in [-0.1, -0.05) is 40.0 Å². The molecule has 2 aromatic carbocycles. The second-order valence-electron chi connectivity index (χ2n) is 6.84. The highest BCUT2D eigenvalue weighted by atomic mass is 79.9. The third-order valence-corrected chi connectivity index (χ3v) is 5.78. The zero-order chi connectivity index (χ0) is 20.0. The van der Waals surface area contributed by atoms with Crippen molar-refractivity contribution in [3.8, 4) is 29.5 Å². The number of hydrogen-bond donors (Lipinski definition) is 0. The second-order valence-corrected chi connectivity index (χ2v) is 7.69. The normalized spacial score (nSPS) is 15.1. The lowest BCUT2D eigenvalue weighted by Gasteiger charge is -2.13. The Morgan fingerprint density at radius 3 is 2.72 bits per heavy atom. The predicted molar refractivity (Wildman–Crippen MR) is 117 cm³/mol. The Morgan fingerprint density at radius 1 is 1.10 bits per heavy atom. The molecule has 2 aromatic heterocycles. The van der Waals surface area contributed by atoms with E-state index < -0.39 is 0 Å². The van der Waals surface area contributed by atoms with Crippen LogP contribution in [-0.2, 0) is 0 Å². The van der Waals surface area contributed by atoms with Crippen LogP contribution >= 0.6 is 15.9 Å². The van der Waals surface area contributed by atoms with Gasteiger partial charge in [-0.25, -0.2) is 4.98 Å². The van der Waals surface area contributed by atoms with Crippen molar-refractivity contribution in [1.29, 1.82) is 0 Å². The largest absolute Gasteiger partial charge is 0.463 e. The SMILES string of the molecule is C#Cc1ccc2c(c1)C(c1ccccc1Br)=N[C@@H](C)c1c(-c3ccco3)ncn1-2. The third-order valence-electron chi connectivity index (χ3n) is 5.08. The van der Waals surface area contributed by atoms with E-state index in [1.807, 2.05) is 54.9 Å². The molecule has 0 saturated carbocycles. The van der Waals surface area contributed by atoms with Crippen LogP contribution < -0.4 is 0 Å². The molecule has 5 heteroatoms. The fourth-order valence-electron chi connectivity index (χ4n) is 3.77.